The van der Waals surface area contributed by atoms with E-state index < -0.39 is 11.5 Å². The first-order chi connectivity index (χ1) is 11.0. The van der Waals surface area contributed by atoms with Crippen LogP contribution in [0.25, 0.3) is 0 Å². The normalized spacial score (nSPS) is 56.8. The minimum Gasteiger partial charge on any atom is -0.462 e. The third-order valence-electron chi connectivity index (χ3n) is 7.71. The van der Waals surface area contributed by atoms with Crippen LogP contribution in [0.5, 0.6) is 0 Å². The van der Waals surface area contributed by atoms with Gasteiger partial charge >= 0.3 is 5.97 Å². The van der Waals surface area contributed by atoms with Crippen LogP contribution in [0.2, 0.25) is 0 Å². The van der Waals surface area contributed by atoms with Gasteiger partial charge in [-0.25, -0.2) is 0 Å². The average molecular weight is 316 g/mol. The number of aliphatic hydroxyl groups excluding tert-OH is 1. The second-order valence-electron chi connectivity index (χ2n) is 8.63. The van der Waals surface area contributed by atoms with Crippen LogP contribution in [0, 0.1) is 40.9 Å². The topological polar surface area (TPSA) is 63.6 Å². The standard InChI is InChI=1S/C19H24O4/c1-9-4-14-13(17(9)21)3-2-10-5-11-6-12-7-16(20)19(11,8-15(10)14)18(22)23-12/h2-3,9-16,20H,4-8H2,1H3. The van der Waals surface area contributed by atoms with E-state index >= 15 is 0 Å². The molecule has 1 N–H and O–H groups in total. The molecular formula is C19H24O4. The number of carbonyl (C=O) groups excluding carboxylic acids is 2. The van der Waals surface area contributed by atoms with Gasteiger partial charge in [0, 0.05) is 18.3 Å². The van der Waals surface area contributed by atoms with Gasteiger partial charge in [0.2, 0.25) is 0 Å². The zero-order valence-corrected chi connectivity index (χ0v) is 13.5. The molecule has 4 nitrogen and oxygen atoms in total. The van der Waals surface area contributed by atoms with Crippen molar-refractivity contribution in [1.82, 2.24) is 0 Å². The number of hydrogen-bond donors (Lipinski definition) is 1. The smallest absolute Gasteiger partial charge is 0.315 e. The Hall–Kier alpha value is -1.16. The molecule has 6 aliphatic rings. The summed E-state index contributed by atoms with van der Waals surface area (Å²) >= 11 is 0. The molecule has 23 heavy (non-hydrogen) atoms. The highest BCUT2D eigenvalue weighted by atomic mass is 16.6. The molecule has 2 saturated heterocycles. The van der Waals surface area contributed by atoms with Crippen molar-refractivity contribution in [3.63, 3.8) is 0 Å². The zero-order valence-electron chi connectivity index (χ0n) is 13.5. The summed E-state index contributed by atoms with van der Waals surface area (Å²) in [7, 11) is 0. The highest BCUT2D eigenvalue weighted by Gasteiger charge is 2.65. The maximum atomic E-state index is 12.7. The summed E-state index contributed by atoms with van der Waals surface area (Å²) in [6, 6.07) is 0. The van der Waals surface area contributed by atoms with Crippen LogP contribution in [-0.2, 0) is 14.3 Å². The summed E-state index contributed by atoms with van der Waals surface area (Å²) in [5.74, 6) is 1.75. The predicted molar refractivity (Wildman–Crippen MR) is 82.2 cm³/mol. The Balaban J connectivity index is 1.54. The third-order valence-corrected chi connectivity index (χ3v) is 7.71. The van der Waals surface area contributed by atoms with Crippen molar-refractivity contribution in [1.29, 1.82) is 0 Å². The second-order valence-corrected chi connectivity index (χ2v) is 8.63. The second kappa shape index (κ2) is 4.47. The zero-order chi connectivity index (χ0) is 15.9. The molecule has 9 atom stereocenters. The van der Waals surface area contributed by atoms with E-state index in [9.17, 15) is 14.7 Å². The number of carbonyl (C=O) groups is 2. The van der Waals surface area contributed by atoms with E-state index in [1.165, 1.54) is 0 Å². The van der Waals surface area contributed by atoms with Gasteiger partial charge in [0.25, 0.3) is 0 Å². The van der Waals surface area contributed by atoms with Gasteiger partial charge in [0.1, 0.15) is 11.9 Å². The van der Waals surface area contributed by atoms with Gasteiger partial charge in [-0.15, -0.1) is 0 Å². The summed E-state index contributed by atoms with van der Waals surface area (Å²) in [6.07, 6.45) is 7.85. The Morgan fingerprint density at radius 3 is 2.74 bits per heavy atom. The van der Waals surface area contributed by atoms with Gasteiger partial charge in [0.05, 0.1) is 11.5 Å². The van der Waals surface area contributed by atoms with Crippen LogP contribution in [0.3, 0.4) is 0 Å². The maximum Gasteiger partial charge on any atom is 0.315 e. The summed E-state index contributed by atoms with van der Waals surface area (Å²) in [5, 5.41) is 10.7. The van der Waals surface area contributed by atoms with E-state index in [1.54, 1.807) is 0 Å². The highest BCUT2D eigenvalue weighted by molar-refractivity contribution is 5.87. The lowest BCUT2D eigenvalue weighted by Gasteiger charge is -2.59. The van der Waals surface area contributed by atoms with Gasteiger partial charge in [-0.3, -0.25) is 9.59 Å². The summed E-state index contributed by atoms with van der Waals surface area (Å²) in [5.41, 5.74) is -0.694. The molecule has 124 valence electrons. The van der Waals surface area contributed by atoms with E-state index in [0.29, 0.717) is 36.4 Å². The quantitative estimate of drug-likeness (QED) is 0.549. The van der Waals surface area contributed by atoms with Gasteiger partial charge in [-0.05, 0) is 49.4 Å². The predicted octanol–water partition coefficient (Wildman–Crippen LogP) is 2.11. The van der Waals surface area contributed by atoms with E-state index in [4.69, 9.17) is 4.74 Å². The van der Waals surface area contributed by atoms with Crippen LogP contribution in [0.4, 0.5) is 0 Å². The minimum absolute atomic E-state index is 0.0345. The van der Waals surface area contributed by atoms with Crippen LogP contribution in [0.1, 0.15) is 39.0 Å². The summed E-state index contributed by atoms with van der Waals surface area (Å²) in [4.78, 5) is 25.0. The molecule has 3 saturated carbocycles. The van der Waals surface area contributed by atoms with E-state index in [0.717, 1.165) is 19.3 Å². The number of Topliss-reactive ketones (excluding diaryl/α,β-unsaturated/α-hetero) is 1. The first-order valence-electron chi connectivity index (χ1n) is 9.12. The number of fused-ring (bicyclic) bond motifs is 5. The van der Waals surface area contributed by atoms with E-state index in [-0.39, 0.29) is 29.8 Å². The highest BCUT2D eigenvalue weighted by Crippen LogP contribution is 2.62. The Morgan fingerprint density at radius 2 is 1.96 bits per heavy atom. The molecule has 4 aliphatic carbocycles. The fraction of sp³-hybridized carbons (Fsp3) is 0.789. The lowest BCUT2D eigenvalue weighted by atomic mass is 9.48. The first kappa shape index (κ1) is 14.2. The molecule has 0 amide bonds. The first-order valence-corrected chi connectivity index (χ1v) is 9.12. The number of hydrogen-bond acceptors (Lipinski definition) is 4. The Morgan fingerprint density at radius 1 is 1.13 bits per heavy atom. The molecule has 9 unspecified atom stereocenters. The average Bonchev–Trinajstić information content (AvgIpc) is 2.80. The molecule has 0 aromatic heterocycles. The van der Waals surface area contributed by atoms with Crippen molar-refractivity contribution in [3.05, 3.63) is 12.2 Å². The van der Waals surface area contributed by atoms with E-state index in [1.807, 2.05) is 6.92 Å². The molecule has 2 aliphatic heterocycles. The summed E-state index contributed by atoms with van der Waals surface area (Å²) < 4.78 is 5.57. The van der Waals surface area contributed by atoms with Crippen molar-refractivity contribution < 1.29 is 19.4 Å². The van der Waals surface area contributed by atoms with Crippen LogP contribution >= 0.6 is 0 Å². The van der Waals surface area contributed by atoms with Gasteiger partial charge in [0.15, 0.2) is 0 Å². The third kappa shape index (κ3) is 1.66. The van der Waals surface area contributed by atoms with Crippen molar-refractivity contribution in [3.8, 4) is 0 Å². The van der Waals surface area contributed by atoms with Crippen molar-refractivity contribution in [2.24, 2.45) is 40.9 Å². The lowest BCUT2D eigenvalue weighted by molar-refractivity contribution is -0.229. The molecule has 2 bridgehead atoms. The molecule has 4 heteroatoms. The van der Waals surface area contributed by atoms with Crippen LogP contribution in [-0.4, -0.2) is 29.1 Å². The maximum absolute atomic E-state index is 12.7. The molecule has 1 spiro atoms. The number of aliphatic hydroxyl groups is 1. The fourth-order valence-corrected chi connectivity index (χ4v) is 6.59. The molecule has 2 heterocycles. The molecule has 5 fully saturated rings. The molecule has 6 rings (SSSR count). The monoisotopic (exact) mass is 316 g/mol. The number of esters is 1. The number of ketones is 1. The number of allylic oxidation sites excluding steroid dienone is 2. The van der Waals surface area contributed by atoms with Crippen molar-refractivity contribution >= 4 is 11.8 Å². The van der Waals surface area contributed by atoms with Gasteiger partial charge in [-0.1, -0.05) is 19.1 Å². The van der Waals surface area contributed by atoms with Crippen molar-refractivity contribution in [2.45, 2.75) is 51.2 Å². The number of ether oxygens (including phenoxy) is 1. The lowest BCUT2D eigenvalue weighted by Crippen LogP contribution is -2.64. The van der Waals surface area contributed by atoms with E-state index in [2.05, 4.69) is 12.2 Å². The Labute approximate surface area is 136 Å². The van der Waals surface area contributed by atoms with Crippen LogP contribution < -0.4 is 0 Å². The molecule has 0 aromatic carbocycles. The molecule has 0 radical (unpaired) electrons. The Bertz CT molecular complexity index is 610. The van der Waals surface area contributed by atoms with Crippen molar-refractivity contribution in [2.75, 3.05) is 0 Å². The van der Waals surface area contributed by atoms with Gasteiger partial charge in [-0.2, -0.15) is 0 Å². The Kier molecular flexibility index (Phi) is 2.76. The number of rotatable bonds is 0. The molecular weight excluding hydrogens is 292 g/mol. The SMILES string of the molecule is CC1CC2C(C=CC3CC4CC5CC(O)C4(CC32)C(=O)O5)C1=O. The minimum atomic E-state index is -0.694. The molecule has 0 aromatic rings. The van der Waals surface area contributed by atoms with Gasteiger partial charge < -0.3 is 9.84 Å². The van der Waals surface area contributed by atoms with Crippen LogP contribution in [0.15, 0.2) is 12.2 Å². The summed E-state index contributed by atoms with van der Waals surface area (Å²) in [6.45, 7) is 2.03. The fourth-order valence-electron chi connectivity index (χ4n) is 6.59. The largest absolute Gasteiger partial charge is 0.462 e.